The first kappa shape index (κ1) is 20.9. The molecule has 0 aliphatic carbocycles. The van der Waals surface area contributed by atoms with Crippen molar-refractivity contribution < 1.29 is 17.9 Å². The molecule has 1 aliphatic heterocycles. The maximum atomic E-state index is 13.5. The molecule has 160 valence electrons. The van der Waals surface area contributed by atoms with Crippen molar-refractivity contribution in [2.24, 2.45) is 5.10 Å². The lowest BCUT2D eigenvalue weighted by molar-refractivity contribution is 0.348. The molecule has 6 nitrogen and oxygen atoms in total. The van der Waals surface area contributed by atoms with E-state index in [-0.39, 0.29) is 4.90 Å². The second kappa shape index (κ2) is 8.43. The number of benzene rings is 3. The van der Waals surface area contributed by atoms with Gasteiger partial charge in [-0.3, -0.25) is 0 Å². The predicted molar refractivity (Wildman–Crippen MR) is 120 cm³/mol. The summed E-state index contributed by atoms with van der Waals surface area (Å²) in [6, 6.07) is 21.3. The van der Waals surface area contributed by atoms with Crippen LogP contribution >= 0.6 is 0 Å². The number of methoxy groups -OCH3 is 2. The van der Waals surface area contributed by atoms with E-state index in [9.17, 15) is 8.42 Å². The van der Waals surface area contributed by atoms with Gasteiger partial charge in [-0.1, -0.05) is 54.1 Å². The maximum Gasteiger partial charge on any atom is 0.279 e. The number of hydrazone groups is 1. The molecule has 0 unspecified atom stereocenters. The molecule has 0 saturated carbocycles. The fourth-order valence-corrected chi connectivity index (χ4v) is 5.09. The Morgan fingerprint density at radius 2 is 1.58 bits per heavy atom. The Labute approximate surface area is 182 Å². The lowest BCUT2D eigenvalue weighted by Crippen LogP contribution is -2.27. The summed E-state index contributed by atoms with van der Waals surface area (Å²) in [7, 11) is -0.721. The predicted octanol–water partition coefficient (Wildman–Crippen LogP) is 4.55. The van der Waals surface area contributed by atoms with E-state index in [1.807, 2.05) is 43.3 Å². The molecule has 1 aliphatic rings. The van der Waals surface area contributed by atoms with Crippen molar-refractivity contribution in [1.29, 1.82) is 0 Å². The Morgan fingerprint density at radius 3 is 2.23 bits per heavy atom. The second-order valence-electron chi connectivity index (χ2n) is 7.34. The Bertz CT molecular complexity index is 1210. The van der Waals surface area contributed by atoms with Crippen LogP contribution in [0.1, 0.15) is 29.2 Å². The van der Waals surface area contributed by atoms with Crippen molar-refractivity contribution in [3.05, 3.63) is 89.5 Å². The van der Waals surface area contributed by atoms with Crippen LogP contribution in [0, 0.1) is 6.92 Å². The Hall–Kier alpha value is -3.32. The molecule has 31 heavy (non-hydrogen) atoms. The summed E-state index contributed by atoms with van der Waals surface area (Å²) in [5.41, 5.74) is 3.54. The summed E-state index contributed by atoms with van der Waals surface area (Å²) in [5.74, 6) is 1.13. The first-order valence-electron chi connectivity index (χ1n) is 9.90. The van der Waals surface area contributed by atoms with Crippen LogP contribution in [0.2, 0.25) is 0 Å². The van der Waals surface area contributed by atoms with Gasteiger partial charge in [0.15, 0.2) is 11.5 Å². The van der Waals surface area contributed by atoms with Crippen LogP contribution in [0.15, 0.2) is 82.8 Å². The first-order valence-corrected chi connectivity index (χ1v) is 11.3. The summed E-state index contributed by atoms with van der Waals surface area (Å²) >= 11 is 0. The van der Waals surface area contributed by atoms with E-state index < -0.39 is 16.1 Å². The quantitative estimate of drug-likeness (QED) is 0.568. The third kappa shape index (κ3) is 4.01. The zero-order valence-corrected chi connectivity index (χ0v) is 18.5. The highest BCUT2D eigenvalue weighted by atomic mass is 32.2. The molecular formula is C24H24N2O4S. The van der Waals surface area contributed by atoms with Crippen LogP contribution < -0.4 is 9.47 Å². The number of hydrogen-bond donors (Lipinski definition) is 0. The SMILES string of the molecule is COc1ccc([C@H]2CC(c3ccc(C)cc3)=NN2S(=O)(=O)c2ccccc2)cc1OC. The number of aryl methyl sites for hydroxylation is 1. The van der Waals surface area contributed by atoms with Gasteiger partial charge in [0, 0.05) is 6.42 Å². The van der Waals surface area contributed by atoms with Gasteiger partial charge in [-0.15, -0.1) is 0 Å². The molecule has 0 N–H and O–H groups in total. The van der Waals surface area contributed by atoms with Crippen LogP contribution in [0.25, 0.3) is 0 Å². The highest BCUT2D eigenvalue weighted by molar-refractivity contribution is 7.89. The number of nitrogens with zero attached hydrogens (tertiary/aromatic N) is 2. The van der Waals surface area contributed by atoms with Crippen molar-refractivity contribution >= 4 is 15.7 Å². The molecule has 0 spiro atoms. The number of sulfonamides is 1. The van der Waals surface area contributed by atoms with Gasteiger partial charge in [-0.25, -0.2) is 0 Å². The minimum absolute atomic E-state index is 0.203. The summed E-state index contributed by atoms with van der Waals surface area (Å²) in [6.07, 6.45) is 0.449. The minimum atomic E-state index is -3.85. The normalized spacial score (nSPS) is 16.2. The van der Waals surface area contributed by atoms with E-state index in [1.54, 1.807) is 50.6 Å². The highest BCUT2D eigenvalue weighted by Crippen LogP contribution is 2.40. The topological polar surface area (TPSA) is 68.2 Å². The monoisotopic (exact) mass is 436 g/mol. The lowest BCUT2D eigenvalue weighted by atomic mass is 9.98. The molecule has 3 aromatic rings. The van der Waals surface area contributed by atoms with Crippen LogP contribution in [0.3, 0.4) is 0 Å². The molecule has 0 bridgehead atoms. The van der Waals surface area contributed by atoms with Crippen molar-refractivity contribution in [3.63, 3.8) is 0 Å². The third-order valence-corrected chi connectivity index (χ3v) is 7.03. The fraction of sp³-hybridized carbons (Fsp3) is 0.208. The van der Waals surface area contributed by atoms with Crippen molar-refractivity contribution in [2.45, 2.75) is 24.3 Å². The smallest absolute Gasteiger partial charge is 0.279 e. The van der Waals surface area contributed by atoms with E-state index in [2.05, 4.69) is 5.10 Å². The third-order valence-electron chi connectivity index (χ3n) is 5.34. The van der Waals surface area contributed by atoms with Crippen LogP contribution in [-0.4, -0.2) is 32.8 Å². The van der Waals surface area contributed by atoms with Crippen molar-refractivity contribution in [1.82, 2.24) is 4.41 Å². The summed E-state index contributed by atoms with van der Waals surface area (Å²) in [5, 5.41) is 4.58. The minimum Gasteiger partial charge on any atom is -0.493 e. The van der Waals surface area contributed by atoms with Gasteiger partial charge >= 0.3 is 0 Å². The lowest BCUT2D eigenvalue weighted by Gasteiger charge is -2.24. The molecule has 3 aromatic carbocycles. The van der Waals surface area contributed by atoms with Gasteiger partial charge in [0.05, 0.1) is 30.9 Å². The zero-order chi connectivity index (χ0) is 22.0. The molecule has 0 aromatic heterocycles. The highest BCUT2D eigenvalue weighted by Gasteiger charge is 2.38. The molecule has 0 fully saturated rings. The molecule has 0 amide bonds. The Balaban J connectivity index is 1.81. The van der Waals surface area contributed by atoms with E-state index in [4.69, 9.17) is 9.47 Å². The van der Waals surface area contributed by atoms with E-state index >= 15 is 0 Å². The molecule has 7 heteroatoms. The molecule has 0 radical (unpaired) electrons. The fourth-order valence-electron chi connectivity index (χ4n) is 3.64. The molecule has 1 atom stereocenters. The van der Waals surface area contributed by atoms with E-state index in [0.29, 0.717) is 17.9 Å². The van der Waals surface area contributed by atoms with Crippen molar-refractivity contribution in [2.75, 3.05) is 14.2 Å². The Morgan fingerprint density at radius 1 is 0.903 bits per heavy atom. The van der Waals surface area contributed by atoms with Gasteiger partial charge in [0.1, 0.15) is 0 Å². The van der Waals surface area contributed by atoms with Crippen LogP contribution in [0.4, 0.5) is 0 Å². The summed E-state index contributed by atoms with van der Waals surface area (Å²) in [4.78, 5) is 0.203. The van der Waals surface area contributed by atoms with Gasteiger partial charge in [0.2, 0.25) is 0 Å². The molecule has 4 rings (SSSR count). The summed E-state index contributed by atoms with van der Waals surface area (Å²) in [6.45, 7) is 2.01. The van der Waals surface area contributed by atoms with E-state index in [0.717, 1.165) is 22.4 Å². The average Bonchev–Trinajstić information content (AvgIpc) is 3.26. The number of ether oxygens (including phenoxy) is 2. The molecule has 1 heterocycles. The van der Waals surface area contributed by atoms with Crippen molar-refractivity contribution in [3.8, 4) is 11.5 Å². The summed E-state index contributed by atoms with van der Waals surface area (Å²) < 4.78 is 39.0. The van der Waals surface area contributed by atoms with Gasteiger partial charge in [-0.2, -0.15) is 17.9 Å². The zero-order valence-electron chi connectivity index (χ0n) is 17.6. The number of rotatable bonds is 6. The molecule has 0 saturated heterocycles. The first-order chi connectivity index (χ1) is 14.9. The van der Waals surface area contributed by atoms with Gasteiger partial charge < -0.3 is 9.47 Å². The Kier molecular flexibility index (Phi) is 5.69. The van der Waals surface area contributed by atoms with E-state index in [1.165, 1.54) is 4.41 Å². The van der Waals surface area contributed by atoms with Crippen LogP contribution in [0.5, 0.6) is 11.5 Å². The largest absolute Gasteiger partial charge is 0.493 e. The van der Waals surface area contributed by atoms with Gasteiger partial charge in [0.25, 0.3) is 10.0 Å². The second-order valence-corrected chi connectivity index (χ2v) is 9.13. The number of hydrogen-bond acceptors (Lipinski definition) is 5. The van der Waals surface area contributed by atoms with Crippen LogP contribution in [-0.2, 0) is 10.0 Å². The standard InChI is InChI=1S/C24H24N2O4S/c1-17-9-11-18(12-10-17)21-16-22(19-13-14-23(29-2)24(15-19)30-3)26(25-21)31(27,28)20-7-5-4-6-8-20/h4-15,22H,16H2,1-3H3/t22-/m1/s1. The maximum absolute atomic E-state index is 13.5. The molecular weight excluding hydrogens is 412 g/mol. The average molecular weight is 437 g/mol. The van der Waals surface area contributed by atoms with Gasteiger partial charge in [-0.05, 0) is 42.3 Å².